The first kappa shape index (κ1) is 10.4. The average Bonchev–Trinajstić information content (AvgIpc) is 2.74. The van der Waals surface area contributed by atoms with E-state index in [0.717, 1.165) is 6.54 Å². The van der Waals surface area contributed by atoms with Crippen molar-refractivity contribution in [1.82, 2.24) is 4.90 Å². The molecule has 1 unspecified atom stereocenters. The van der Waals surface area contributed by atoms with Crippen LogP contribution < -0.4 is 0 Å². The Bertz CT molecular complexity index is 321. The molecule has 15 heavy (non-hydrogen) atoms. The van der Waals surface area contributed by atoms with E-state index in [4.69, 9.17) is 9.15 Å². The summed E-state index contributed by atoms with van der Waals surface area (Å²) in [5, 5.41) is 0. The van der Waals surface area contributed by atoms with E-state index in [1.807, 2.05) is 0 Å². The molecule has 1 aromatic rings. The molecule has 4 nitrogen and oxygen atoms in total. The van der Waals surface area contributed by atoms with Gasteiger partial charge in [-0.1, -0.05) is 0 Å². The maximum Gasteiger partial charge on any atom is 0.211 e. The Morgan fingerprint density at radius 1 is 1.67 bits per heavy atom. The van der Waals surface area contributed by atoms with Crippen LogP contribution in [-0.2, 0) is 4.74 Å². The zero-order chi connectivity index (χ0) is 10.7. The van der Waals surface area contributed by atoms with Crippen molar-refractivity contribution in [2.75, 3.05) is 26.3 Å². The average molecular weight is 209 g/mol. The Kier molecular flexibility index (Phi) is 3.18. The summed E-state index contributed by atoms with van der Waals surface area (Å²) in [5.74, 6) is 0.474. The van der Waals surface area contributed by atoms with Crippen molar-refractivity contribution < 1.29 is 13.9 Å². The fourth-order valence-electron chi connectivity index (χ4n) is 1.70. The van der Waals surface area contributed by atoms with Gasteiger partial charge in [0.25, 0.3) is 0 Å². The highest BCUT2D eigenvalue weighted by Gasteiger charge is 2.22. The highest BCUT2D eigenvalue weighted by Crippen LogP contribution is 2.09. The van der Waals surface area contributed by atoms with Crippen LogP contribution in [0.3, 0.4) is 0 Å². The molecule has 82 valence electrons. The first-order valence-electron chi connectivity index (χ1n) is 5.16. The second kappa shape index (κ2) is 4.59. The zero-order valence-electron chi connectivity index (χ0n) is 8.81. The molecule has 0 radical (unpaired) electrons. The fourth-order valence-corrected chi connectivity index (χ4v) is 1.70. The van der Waals surface area contributed by atoms with E-state index in [0.29, 0.717) is 31.6 Å². The first-order chi connectivity index (χ1) is 7.27. The number of rotatable bonds is 3. The summed E-state index contributed by atoms with van der Waals surface area (Å²) in [6, 6.07) is 3.74. The third-order valence-electron chi connectivity index (χ3n) is 2.65. The molecule has 2 rings (SSSR count). The molecule has 0 saturated carbocycles. The van der Waals surface area contributed by atoms with Crippen LogP contribution in [0.15, 0.2) is 22.8 Å². The predicted molar refractivity (Wildman–Crippen MR) is 54.9 cm³/mol. The lowest BCUT2D eigenvalue weighted by Gasteiger charge is -2.32. The van der Waals surface area contributed by atoms with Crippen LogP contribution in [0.25, 0.3) is 0 Å². The maximum atomic E-state index is 11.7. The fraction of sp³-hybridized carbons (Fsp3) is 0.545. The van der Waals surface area contributed by atoms with Gasteiger partial charge in [0.05, 0.1) is 26.0 Å². The number of morpholine rings is 1. The zero-order valence-corrected chi connectivity index (χ0v) is 8.81. The maximum absolute atomic E-state index is 11.7. The molecule has 1 fully saturated rings. The quantitative estimate of drug-likeness (QED) is 0.701. The molecule has 1 atom stereocenters. The van der Waals surface area contributed by atoms with Gasteiger partial charge in [-0.05, 0) is 19.1 Å². The summed E-state index contributed by atoms with van der Waals surface area (Å²) < 4.78 is 10.4. The molecule has 0 amide bonds. The van der Waals surface area contributed by atoms with Gasteiger partial charge in [-0.3, -0.25) is 9.69 Å². The number of nitrogens with zero attached hydrogens (tertiary/aromatic N) is 1. The van der Waals surface area contributed by atoms with Gasteiger partial charge in [0.1, 0.15) is 0 Å². The Morgan fingerprint density at radius 2 is 2.53 bits per heavy atom. The summed E-state index contributed by atoms with van der Waals surface area (Å²) in [6.07, 6.45) is 1.52. The topological polar surface area (TPSA) is 42.7 Å². The van der Waals surface area contributed by atoms with E-state index >= 15 is 0 Å². The van der Waals surface area contributed by atoms with Crippen molar-refractivity contribution in [3.05, 3.63) is 24.2 Å². The van der Waals surface area contributed by atoms with Gasteiger partial charge in [0.15, 0.2) is 5.76 Å². The van der Waals surface area contributed by atoms with Crippen LogP contribution in [-0.4, -0.2) is 43.0 Å². The number of ketones is 1. The molecule has 1 aliphatic rings. The third kappa shape index (κ3) is 2.46. The second-order valence-corrected chi connectivity index (χ2v) is 3.79. The van der Waals surface area contributed by atoms with Crippen molar-refractivity contribution in [2.24, 2.45) is 0 Å². The standard InChI is InChI=1S/C11H15NO3/c1-9-8-14-6-4-12(9)7-10(13)11-3-2-5-15-11/h2-3,5,9H,4,6-8H2,1H3. The second-order valence-electron chi connectivity index (χ2n) is 3.79. The lowest BCUT2D eigenvalue weighted by atomic mass is 10.2. The van der Waals surface area contributed by atoms with Crippen LogP contribution >= 0.6 is 0 Å². The number of carbonyl (C=O) groups is 1. The summed E-state index contributed by atoms with van der Waals surface area (Å²) in [4.78, 5) is 13.9. The smallest absolute Gasteiger partial charge is 0.211 e. The Labute approximate surface area is 88.8 Å². The Hall–Kier alpha value is -1.13. The molecule has 0 N–H and O–H groups in total. The van der Waals surface area contributed by atoms with E-state index in [2.05, 4.69) is 11.8 Å². The molecule has 1 aliphatic heterocycles. The normalized spacial score (nSPS) is 22.9. The van der Waals surface area contributed by atoms with Crippen LogP contribution in [0, 0.1) is 0 Å². The summed E-state index contributed by atoms with van der Waals surface area (Å²) >= 11 is 0. The number of carbonyl (C=O) groups excluding carboxylic acids is 1. The van der Waals surface area contributed by atoms with E-state index in [1.54, 1.807) is 12.1 Å². The Morgan fingerprint density at radius 3 is 3.20 bits per heavy atom. The van der Waals surface area contributed by atoms with Gasteiger partial charge < -0.3 is 9.15 Å². The molecule has 4 heteroatoms. The summed E-state index contributed by atoms with van der Waals surface area (Å²) in [6.45, 7) is 4.70. The number of hydrogen-bond donors (Lipinski definition) is 0. The van der Waals surface area contributed by atoms with E-state index < -0.39 is 0 Å². The van der Waals surface area contributed by atoms with Crippen molar-refractivity contribution in [2.45, 2.75) is 13.0 Å². The predicted octanol–water partition coefficient (Wildman–Crippen LogP) is 1.18. The molecule has 1 aromatic heterocycles. The minimum absolute atomic E-state index is 0.0359. The highest BCUT2D eigenvalue weighted by atomic mass is 16.5. The number of ether oxygens (including phenoxy) is 1. The molecule has 0 aliphatic carbocycles. The minimum Gasteiger partial charge on any atom is -0.461 e. The molecule has 1 saturated heterocycles. The van der Waals surface area contributed by atoms with E-state index in [1.165, 1.54) is 6.26 Å². The van der Waals surface area contributed by atoms with Gasteiger partial charge in [0.2, 0.25) is 5.78 Å². The molecule has 2 heterocycles. The Balaban J connectivity index is 1.93. The van der Waals surface area contributed by atoms with E-state index in [9.17, 15) is 4.79 Å². The minimum atomic E-state index is 0.0359. The highest BCUT2D eigenvalue weighted by molar-refractivity contribution is 5.95. The molecular formula is C11H15NO3. The SMILES string of the molecule is CC1COCCN1CC(=O)c1ccco1. The molecular weight excluding hydrogens is 194 g/mol. The third-order valence-corrected chi connectivity index (χ3v) is 2.65. The van der Waals surface area contributed by atoms with Crippen LogP contribution in [0.4, 0.5) is 0 Å². The van der Waals surface area contributed by atoms with Gasteiger partial charge in [0, 0.05) is 12.6 Å². The monoisotopic (exact) mass is 209 g/mol. The van der Waals surface area contributed by atoms with Gasteiger partial charge in [-0.25, -0.2) is 0 Å². The van der Waals surface area contributed by atoms with Crippen LogP contribution in [0.5, 0.6) is 0 Å². The number of Topliss-reactive ketones (excluding diaryl/α,β-unsaturated/α-hetero) is 1. The summed E-state index contributed by atoms with van der Waals surface area (Å²) in [7, 11) is 0. The van der Waals surface area contributed by atoms with Crippen molar-refractivity contribution in [3.63, 3.8) is 0 Å². The van der Waals surface area contributed by atoms with Crippen molar-refractivity contribution in [1.29, 1.82) is 0 Å². The van der Waals surface area contributed by atoms with E-state index in [-0.39, 0.29) is 5.78 Å². The first-order valence-corrected chi connectivity index (χ1v) is 5.16. The van der Waals surface area contributed by atoms with Crippen molar-refractivity contribution in [3.8, 4) is 0 Å². The largest absolute Gasteiger partial charge is 0.461 e. The summed E-state index contributed by atoms with van der Waals surface area (Å²) in [5.41, 5.74) is 0. The number of furan rings is 1. The van der Waals surface area contributed by atoms with Crippen LogP contribution in [0.2, 0.25) is 0 Å². The molecule has 0 spiro atoms. The van der Waals surface area contributed by atoms with Gasteiger partial charge in [-0.15, -0.1) is 0 Å². The van der Waals surface area contributed by atoms with Gasteiger partial charge in [-0.2, -0.15) is 0 Å². The number of hydrogen-bond acceptors (Lipinski definition) is 4. The molecule has 0 aromatic carbocycles. The molecule has 0 bridgehead atoms. The lowest BCUT2D eigenvalue weighted by Crippen LogP contribution is -2.45. The lowest BCUT2D eigenvalue weighted by molar-refractivity contribution is 0.00163. The van der Waals surface area contributed by atoms with Crippen LogP contribution in [0.1, 0.15) is 17.5 Å². The van der Waals surface area contributed by atoms with Crippen molar-refractivity contribution >= 4 is 5.78 Å². The van der Waals surface area contributed by atoms with Gasteiger partial charge >= 0.3 is 0 Å².